The standard InChI is InChI=1S/C12H23NO2/c1-9-7-6-8-13(9)11(14)10(15-5)12(2,3)4/h9-10H,6-8H2,1-5H3/t9-,10-/m1/s1. The van der Waals surface area contributed by atoms with Crippen LogP contribution in [0.1, 0.15) is 40.5 Å². The van der Waals surface area contributed by atoms with Gasteiger partial charge in [-0.05, 0) is 25.2 Å². The van der Waals surface area contributed by atoms with Gasteiger partial charge in [0.05, 0.1) is 0 Å². The van der Waals surface area contributed by atoms with Crippen LogP contribution in [0, 0.1) is 5.41 Å². The molecule has 1 aliphatic heterocycles. The molecular formula is C12H23NO2. The van der Waals surface area contributed by atoms with E-state index in [1.54, 1.807) is 7.11 Å². The molecule has 0 N–H and O–H groups in total. The van der Waals surface area contributed by atoms with Crippen molar-refractivity contribution >= 4 is 5.91 Å². The van der Waals surface area contributed by atoms with Gasteiger partial charge in [0.1, 0.15) is 6.10 Å². The van der Waals surface area contributed by atoms with E-state index in [0.717, 1.165) is 19.4 Å². The third-order valence-electron chi connectivity index (χ3n) is 3.08. The number of nitrogens with zero attached hydrogens (tertiary/aromatic N) is 1. The summed E-state index contributed by atoms with van der Waals surface area (Å²) in [5.74, 6) is 0.148. The lowest BCUT2D eigenvalue weighted by Gasteiger charge is -2.33. The highest BCUT2D eigenvalue weighted by Gasteiger charge is 2.37. The monoisotopic (exact) mass is 213 g/mol. The van der Waals surface area contributed by atoms with E-state index in [9.17, 15) is 4.79 Å². The first-order valence-corrected chi connectivity index (χ1v) is 5.71. The average Bonchev–Trinajstić information content (AvgIpc) is 2.49. The number of amides is 1. The molecule has 0 radical (unpaired) electrons. The van der Waals surface area contributed by atoms with E-state index in [1.807, 2.05) is 25.7 Å². The third-order valence-corrected chi connectivity index (χ3v) is 3.08. The van der Waals surface area contributed by atoms with Crippen LogP contribution in [0.5, 0.6) is 0 Å². The second kappa shape index (κ2) is 4.52. The Balaban J connectivity index is 2.73. The van der Waals surface area contributed by atoms with Crippen LogP contribution in [0.25, 0.3) is 0 Å². The zero-order valence-electron chi connectivity index (χ0n) is 10.5. The Labute approximate surface area is 92.8 Å². The summed E-state index contributed by atoms with van der Waals surface area (Å²) in [6.07, 6.45) is 1.91. The third kappa shape index (κ3) is 2.71. The summed E-state index contributed by atoms with van der Waals surface area (Å²) in [4.78, 5) is 14.2. The second-order valence-corrected chi connectivity index (χ2v) is 5.50. The van der Waals surface area contributed by atoms with Gasteiger partial charge in [-0.15, -0.1) is 0 Å². The molecule has 0 aliphatic carbocycles. The van der Waals surface area contributed by atoms with Crippen molar-refractivity contribution in [1.82, 2.24) is 4.90 Å². The number of likely N-dealkylation sites (tertiary alicyclic amines) is 1. The van der Waals surface area contributed by atoms with Gasteiger partial charge in [-0.1, -0.05) is 20.8 Å². The highest BCUT2D eigenvalue weighted by Crippen LogP contribution is 2.26. The van der Waals surface area contributed by atoms with E-state index >= 15 is 0 Å². The molecule has 0 aromatic carbocycles. The van der Waals surface area contributed by atoms with Crippen LogP contribution in [-0.2, 0) is 9.53 Å². The first-order chi connectivity index (χ1) is 6.88. The van der Waals surface area contributed by atoms with E-state index in [2.05, 4.69) is 6.92 Å². The fourth-order valence-electron chi connectivity index (χ4n) is 2.24. The highest BCUT2D eigenvalue weighted by molar-refractivity contribution is 5.82. The van der Waals surface area contributed by atoms with Crippen LogP contribution in [-0.4, -0.2) is 36.6 Å². The minimum Gasteiger partial charge on any atom is -0.371 e. The largest absolute Gasteiger partial charge is 0.371 e. The molecule has 0 saturated carbocycles. The lowest BCUT2D eigenvalue weighted by atomic mass is 9.88. The van der Waals surface area contributed by atoms with E-state index < -0.39 is 0 Å². The van der Waals surface area contributed by atoms with Crippen molar-refractivity contribution in [2.75, 3.05) is 13.7 Å². The van der Waals surface area contributed by atoms with Crippen LogP contribution in [0.4, 0.5) is 0 Å². The summed E-state index contributed by atoms with van der Waals surface area (Å²) in [6, 6.07) is 0.373. The number of methoxy groups -OCH3 is 1. The SMILES string of the molecule is CO[C@H](C(=O)N1CCC[C@H]1C)C(C)(C)C. The molecule has 0 aromatic rings. The summed E-state index contributed by atoms with van der Waals surface area (Å²) in [5.41, 5.74) is -0.131. The van der Waals surface area contributed by atoms with Gasteiger partial charge in [0.15, 0.2) is 0 Å². The molecule has 1 saturated heterocycles. The smallest absolute Gasteiger partial charge is 0.252 e. The minimum atomic E-state index is -0.321. The number of hydrogen-bond acceptors (Lipinski definition) is 2. The van der Waals surface area contributed by atoms with Crippen molar-refractivity contribution < 1.29 is 9.53 Å². The van der Waals surface area contributed by atoms with Crippen LogP contribution in [0.2, 0.25) is 0 Å². The predicted molar refractivity (Wildman–Crippen MR) is 60.7 cm³/mol. The molecule has 1 heterocycles. The first-order valence-electron chi connectivity index (χ1n) is 5.71. The van der Waals surface area contributed by atoms with Crippen molar-refractivity contribution in [2.24, 2.45) is 5.41 Å². The van der Waals surface area contributed by atoms with Gasteiger partial charge in [-0.3, -0.25) is 4.79 Å². The molecule has 0 bridgehead atoms. The van der Waals surface area contributed by atoms with Crippen molar-refractivity contribution in [3.63, 3.8) is 0 Å². The Hall–Kier alpha value is -0.570. The van der Waals surface area contributed by atoms with Crippen LogP contribution < -0.4 is 0 Å². The molecule has 2 atom stereocenters. The van der Waals surface area contributed by atoms with Gasteiger partial charge < -0.3 is 9.64 Å². The van der Waals surface area contributed by atoms with E-state index in [0.29, 0.717) is 6.04 Å². The molecule has 3 nitrogen and oxygen atoms in total. The Morgan fingerprint density at radius 2 is 2.07 bits per heavy atom. The van der Waals surface area contributed by atoms with E-state index in [1.165, 1.54) is 0 Å². The summed E-state index contributed by atoms with van der Waals surface area (Å²) < 4.78 is 5.35. The Kier molecular flexibility index (Phi) is 3.77. The van der Waals surface area contributed by atoms with E-state index in [-0.39, 0.29) is 17.4 Å². The fourth-order valence-corrected chi connectivity index (χ4v) is 2.24. The number of carbonyl (C=O) groups is 1. The Morgan fingerprint density at radius 3 is 2.40 bits per heavy atom. The average molecular weight is 213 g/mol. The molecule has 88 valence electrons. The first kappa shape index (κ1) is 12.5. The maximum Gasteiger partial charge on any atom is 0.252 e. The highest BCUT2D eigenvalue weighted by atomic mass is 16.5. The van der Waals surface area contributed by atoms with Gasteiger partial charge in [-0.25, -0.2) is 0 Å². The molecule has 1 fully saturated rings. The van der Waals surface area contributed by atoms with Crippen molar-refractivity contribution in [3.05, 3.63) is 0 Å². The summed E-state index contributed by atoms with van der Waals surface area (Å²) in [5, 5.41) is 0. The van der Waals surface area contributed by atoms with Crippen LogP contribution >= 0.6 is 0 Å². The topological polar surface area (TPSA) is 29.5 Å². The predicted octanol–water partition coefficient (Wildman–Crippen LogP) is 2.06. The fraction of sp³-hybridized carbons (Fsp3) is 0.917. The molecule has 1 amide bonds. The summed E-state index contributed by atoms with van der Waals surface area (Å²) in [7, 11) is 1.62. The molecule has 15 heavy (non-hydrogen) atoms. The van der Waals surface area contributed by atoms with Gasteiger partial charge in [0.2, 0.25) is 0 Å². The molecule has 1 aliphatic rings. The number of ether oxygens (including phenoxy) is 1. The molecule has 0 aromatic heterocycles. The van der Waals surface area contributed by atoms with Gasteiger partial charge in [-0.2, -0.15) is 0 Å². The Morgan fingerprint density at radius 1 is 1.47 bits per heavy atom. The maximum atomic E-state index is 12.2. The lowest BCUT2D eigenvalue weighted by Crippen LogP contribution is -2.47. The van der Waals surface area contributed by atoms with Crippen LogP contribution in [0.3, 0.4) is 0 Å². The van der Waals surface area contributed by atoms with Crippen molar-refractivity contribution in [1.29, 1.82) is 0 Å². The molecule has 3 heteroatoms. The quantitative estimate of drug-likeness (QED) is 0.702. The number of rotatable bonds is 2. The normalized spacial score (nSPS) is 24.3. The van der Waals surface area contributed by atoms with Crippen molar-refractivity contribution in [3.8, 4) is 0 Å². The van der Waals surface area contributed by atoms with Crippen molar-refractivity contribution in [2.45, 2.75) is 52.7 Å². The second-order valence-electron chi connectivity index (χ2n) is 5.50. The van der Waals surface area contributed by atoms with Gasteiger partial charge in [0.25, 0.3) is 5.91 Å². The van der Waals surface area contributed by atoms with Crippen LogP contribution in [0.15, 0.2) is 0 Å². The zero-order chi connectivity index (χ0) is 11.6. The molecule has 0 spiro atoms. The molecule has 1 rings (SSSR count). The molecular weight excluding hydrogens is 190 g/mol. The summed E-state index contributed by atoms with van der Waals surface area (Å²) >= 11 is 0. The summed E-state index contributed by atoms with van der Waals surface area (Å²) in [6.45, 7) is 9.12. The number of carbonyl (C=O) groups excluding carboxylic acids is 1. The zero-order valence-corrected chi connectivity index (χ0v) is 10.5. The lowest BCUT2D eigenvalue weighted by molar-refractivity contribution is -0.149. The van der Waals surface area contributed by atoms with Gasteiger partial charge >= 0.3 is 0 Å². The van der Waals surface area contributed by atoms with Gasteiger partial charge in [0, 0.05) is 19.7 Å². The number of hydrogen-bond donors (Lipinski definition) is 0. The minimum absolute atomic E-state index is 0.131. The maximum absolute atomic E-state index is 12.2. The van der Waals surface area contributed by atoms with E-state index in [4.69, 9.17) is 4.74 Å². The Bertz CT molecular complexity index is 232. The molecule has 0 unspecified atom stereocenters.